The summed E-state index contributed by atoms with van der Waals surface area (Å²) in [6, 6.07) is 14.0. The third-order valence-electron chi connectivity index (χ3n) is 6.24. The summed E-state index contributed by atoms with van der Waals surface area (Å²) in [6.07, 6.45) is -1.43. The second-order valence-corrected chi connectivity index (χ2v) is 9.51. The van der Waals surface area contributed by atoms with E-state index in [0.29, 0.717) is 18.2 Å². The second-order valence-electron chi connectivity index (χ2n) is 9.12. The van der Waals surface area contributed by atoms with E-state index in [4.69, 9.17) is 11.6 Å². The molecule has 0 aliphatic heterocycles. The maximum absolute atomic E-state index is 14.2. The maximum atomic E-state index is 14.2. The van der Waals surface area contributed by atoms with Crippen LogP contribution in [0.3, 0.4) is 0 Å². The fourth-order valence-corrected chi connectivity index (χ4v) is 5.10. The van der Waals surface area contributed by atoms with Gasteiger partial charge in [0, 0.05) is 19.3 Å². The fourth-order valence-electron chi connectivity index (χ4n) is 4.85. The van der Waals surface area contributed by atoms with Gasteiger partial charge in [-0.1, -0.05) is 66.6 Å². The number of aromatic nitrogens is 3. The molecule has 4 nitrogen and oxygen atoms in total. The number of rotatable bonds is 8. The monoisotopic (exact) mass is 502 g/mol. The summed E-state index contributed by atoms with van der Waals surface area (Å²) in [5.74, 6) is 0.173. The van der Waals surface area contributed by atoms with Gasteiger partial charge in [0.25, 0.3) is 0 Å². The van der Waals surface area contributed by atoms with E-state index in [-0.39, 0.29) is 18.0 Å². The van der Waals surface area contributed by atoms with E-state index < -0.39 is 11.9 Å². The SMILES string of the molecule is CCCN(CCc1ccccc1)Cc1c(C(F)(F)F)nc2n(-c3c(C)cc(C)cc3C)c(Cl)cn12. The molecule has 0 N–H and O–H groups in total. The van der Waals surface area contributed by atoms with Crippen LogP contribution < -0.4 is 0 Å². The number of alkyl halides is 3. The molecule has 0 radical (unpaired) electrons. The minimum absolute atomic E-state index is 0.108. The lowest BCUT2D eigenvalue weighted by atomic mass is 10.1. The molecule has 2 aromatic carbocycles. The highest BCUT2D eigenvalue weighted by atomic mass is 35.5. The Bertz CT molecular complexity index is 1300. The van der Waals surface area contributed by atoms with E-state index in [1.807, 2.05) is 70.2 Å². The van der Waals surface area contributed by atoms with Gasteiger partial charge in [-0.25, -0.2) is 4.98 Å². The molecule has 186 valence electrons. The third-order valence-corrected chi connectivity index (χ3v) is 6.51. The lowest BCUT2D eigenvalue weighted by Crippen LogP contribution is -2.28. The molecule has 2 aromatic heterocycles. The zero-order chi connectivity index (χ0) is 25.3. The summed E-state index contributed by atoms with van der Waals surface area (Å²) >= 11 is 6.61. The van der Waals surface area contributed by atoms with E-state index in [9.17, 15) is 13.2 Å². The third kappa shape index (κ3) is 5.26. The summed E-state index contributed by atoms with van der Waals surface area (Å²) < 4.78 is 45.6. The Balaban J connectivity index is 1.79. The van der Waals surface area contributed by atoms with Gasteiger partial charge in [-0.15, -0.1) is 0 Å². The van der Waals surface area contributed by atoms with Crippen molar-refractivity contribution in [3.8, 4) is 5.69 Å². The summed E-state index contributed by atoms with van der Waals surface area (Å²) in [4.78, 5) is 6.16. The van der Waals surface area contributed by atoms with Crippen LogP contribution in [0, 0.1) is 20.8 Å². The normalized spacial score (nSPS) is 12.3. The van der Waals surface area contributed by atoms with E-state index >= 15 is 0 Å². The van der Waals surface area contributed by atoms with E-state index in [2.05, 4.69) is 9.88 Å². The molecule has 8 heteroatoms. The number of halogens is 4. The molecule has 2 heterocycles. The van der Waals surface area contributed by atoms with Crippen LogP contribution in [0.4, 0.5) is 13.2 Å². The molecule has 0 aliphatic rings. The van der Waals surface area contributed by atoms with Crippen LogP contribution in [0.5, 0.6) is 0 Å². The van der Waals surface area contributed by atoms with Crippen LogP contribution >= 0.6 is 11.6 Å². The van der Waals surface area contributed by atoms with Crippen LogP contribution in [0.2, 0.25) is 5.15 Å². The molecule has 0 aliphatic carbocycles. The standard InChI is InChI=1S/C27H30ClF3N4/c1-5-12-33(13-11-21-9-7-6-8-10-21)16-22-25(27(29,30)31)32-26-34(22)17-23(28)35(26)24-19(3)14-18(2)15-20(24)4/h6-10,14-15,17H,5,11-13,16H2,1-4H3. The number of imidazole rings is 2. The van der Waals surface area contributed by atoms with Gasteiger partial charge in [0.05, 0.1) is 11.4 Å². The zero-order valence-electron chi connectivity index (χ0n) is 20.5. The van der Waals surface area contributed by atoms with Crippen molar-refractivity contribution < 1.29 is 13.2 Å². The minimum Gasteiger partial charge on any atom is -0.297 e. The van der Waals surface area contributed by atoms with Gasteiger partial charge in [0.1, 0.15) is 5.15 Å². The average molecular weight is 503 g/mol. The number of aryl methyl sites for hydroxylation is 3. The first-order valence-electron chi connectivity index (χ1n) is 11.8. The quantitative estimate of drug-likeness (QED) is 0.255. The van der Waals surface area contributed by atoms with E-state index in [0.717, 1.165) is 40.8 Å². The topological polar surface area (TPSA) is 25.5 Å². The first-order chi connectivity index (χ1) is 16.6. The number of hydrogen-bond acceptors (Lipinski definition) is 2. The van der Waals surface area contributed by atoms with Gasteiger partial charge in [-0.3, -0.25) is 13.9 Å². The van der Waals surface area contributed by atoms with E-state index in [1.165, 1.54) is 4.40 Å². The molecule has 0 fully saturated rings. The highest BCUT2D eigenvalue weighted by Gasteiger charge is 2.39. The first kappa shape index (κ1) is 25.3. The van der Waals surface area contributed by atoms with Crippen molar-refractivity contribution in [3.05, 3.63) is 87.5 Å². The molecule has 4 aromatic rings. The summed E-state index contributed by atoms with van der Waals surface area (Å²) in [5, 5.41) is 0.323. The summed E-state index contributed by atoms with van der Waals surface area (Å²) in [6.45, 7) is 9.34. The van der Waals surface area contributed by atoms with Gasteiger partial charge in [0.15, 0.2) is 5.69 Å². The molecule has 0 unspecified atom stereocenters. The van der Waals surface area contributed by atoms with Crippen molar-refractivity contribution in [1.29, 1.82) is 0 Å². The maximum Gasteiger partial charge on any atom is 0.435 e. The number of nitrogens with zero attached hydrogens (tertiary/aromatic N) is 4. The van der Waals surface area contributed by atoms with Crippen LogP contribution in [-0.2, 0) is 19.1 Å². The van der Waals surface area contributed by atoms with Gasteiger partial charge >= 0.3 is 6.18 Å². The average Bonchev–Trinajstić information content (AvgIpc) is 3.28. The van der Waals surface area contributed by atoms with Crippen molar-refractivity contribution in [2.45, 2.75) is 53.3 Å². The van der Waals surface area contributed by atoms with Crippen molar-refractivity contribution in [2.75, 3.05) is 13.1 Å². The number of hydrogen-bond donors (Lipinski definition) is 0. The summed E-state index contributed by atoms with van der Waals surface area (Å²) in [7, 11) is 0. The zero-order valence-corrected chi connectivity index (χ0v) is 21.2. The highest BCUT2D eigenvalue weighted by molar-refractivity contribution is 6.30. The molecule has 0 atom stereocenters. The molecule has 0 saturated heterocycles. The van der Waals surface area contributed by atoms with Crippen LogP contribution in [0.15, 0.2) is 48.7 Å². The Morgan fingerprint density at radius 1 is 1.00 bits per heavy atom. The van der Waals surface area contributed by atoms with Crippen LogP contribution in [0.1, 0.15) is 47.0 Å². The van der Waals surface area contributed by atoms with Crippen molar-refractivity contribution >= 4 is 17.4 Å². The number of fused-ring (bicyclic) bond motifs is 1. The summed E-state index contributed by atoms with van der Waals surface area (Å²) in [5.41, 5.74) is 4.10. The molecule has 0 amide bonds. The smallest absolute Gasteiger partial charge is 0.297 e. The molecule has 4 rings (SSSR count). The second kappa shape index (κ2) is 10.1. The fraction of sp³-hybridized carbons (Fsp3) is 0.370. The Hall–Kier alpha value is -2.77. The van der Waals surface area contributed by atoms with Crippen LogP contribution in [0.25, 0.3) is 11.5 Å². The lowest BCUT2D eigenvalue weighted by molar-refractivity contribution is -0.141. The number of benzene rings is 2. The van der Waals surface area contributed by atoms with Crippen molar-refractivity contribution in [2.24, 2.45) is 0 Å². The van der Waals surface area contributed by atoms with Crippen molar-refractivity contribution in [3.63, 3.8) is 0 Å². The Morgan fingerprint density at radius 3 is 2.26 bits per heavy atom. The van der Waals surface area contributed by atoms with Crippen LogP contribution in [-0.4, -0.2) is 31.9 Å². The van der Waals surface area contributed by atoms with Gasteiger partial charge < -0.3 is 0 Å². The Kier molecular flexibility index (Phi) is 7.29. The largest absolute Gasteiger partial charge is 0.435 e. The lowest BCUT2D eigenvalue weighted by Gasteiger charge is -2.22. The molecule has 0 bridgehead atoms. The van der Waals surface area contributed by atoms with Gasteiger partial charge in [-0.2, -0.15) is 13.2 Å². The molecular formula is C27H30ClF3N4. The predicted octanol–water partition coefficient (Wildman–Crippen LogP) is 7.18. The highest BCUT2D eigenvalue weighted by Crippen LogP contribution is 2.36. The first-order valence-corrected chi connectivity index (χ1v) is 12.2. The molecular weight excluding hydrogens is 473 g/mol. The molecule has 0 spiro atoms. The van der Waals surface area contributed by atoms with Crippen molar-refractivity contribution in [1.82, 2.24) is 18.9 Å². The Morgan fingerprint density at radius 2 is 1.66 bits per heavy atom. The molecule has 35 heavy (non-hydrogen) atoms. The molecule has 0 saturated carbocycles. The Labute approximate surface area is 209 Å². The predicted molar refractivity (Wildman–Crippen MR) is 134 cm³/mol. The van der Waals surface area contributed by atoms with Gasteiger partial charge in [0.2, 0.25) is 5.78 Å². The minimum atomic E-state index is -4.58. The van der Waals surface area contributed by atoms with Gasteiger partial charge in [-0.05, 0) is 56.8 Å². The van der Waals surface area contributed by atoms with E-state index in [1.54, 1.807) is 10.8 Å².